The summed E-state index contributed by atoms with van der Waals surface area (Å²) >= 11 is 0. The number of ether oxygens (including phenoxy) is 2. The van der Waals surface area contributed by atoms with Crippen molar-refractivity contribution < 1.29 is 14.3 Å². The molecular formula is C20H16N6O3. The maximum atomic E-state index is 12.4. The molecule has 144 valence electrons. The second-order valence-corrected chi connectivity index (χ2v) is 6.03. The lowest BCUT2D eigenvalue weighted by molar-refractivity contribution is 0.0963. The van der Waals surface area contributed by atoms with Crippen molar-refractivity contribution in [1.29, 1.82) is 5.26 Å². The molecule has 29 heavy (non-hydrogen) atoms. The molecule has 2 aromatic heterocycles. The van der Waals surface area contributed by atoms with E-state index in [0.717, 1.165) is 0 Å². The van der Waals surface area contributed by atoms with Crippen LogP contribution in [-0.2, 0) is 0 Å². The van der Waals surface area contributed by atoms with Crippen molar-refractivity contribution in [1.82, 2.24) is 15.3 Å². The van der Waals surface area contributed by atoms with Gasteiger partial charge >= 0.3 is 0 Å². The maximum absolute atomic E-state index is 12.4. The Morgan fingerprint density at radius 2 is 2.07 bits per heavy atom. The van der Waals surface area contributed by atoms with E-state index in [1.54, 1.807) is 44.5 Å². The molecule has 0 unspecified atom stereocenters. The number of methoxy groups -OCH3 is 1. The molecule has 1 amide bonds. The highest BCUT2D eigenvalue weighted by Gasteiger charge is 2.28. The van der Waals surface area contributed by atoms with E-state index in [4.69, 9.17) is 14.7 Å². The second kappa shape index (κ2) is 7.36. The van der Waals surface area contributed by atoms with Gasteiger partial charge < -0.3 is 25.4 Å². The predicted molar refractivity (Wildman–Crippen MR) is 106 cm³/mol. The number of amides is 1. The standard InChI is InChI=1S/C20H16N6O3/c1-22-20(27)12-10-24-19(25-15-7-6-11(8-21)9-23-15)18-16(12)26-17-13(28-2)4-3-5-14(17)29-18/h3-7,9-10,26H,1-2H3,(H,22,27)(H,23,24,25). The summed E-state index contributed by atoms with van der Waals surface area (Å²) < 4.78 is 11.5. The first kappa shape index (κ1) is 18.1. The number of pyridine rings is 2. The van der Waals surface area contributed by atoms with Crippen molar-refractivity contribution >= 4 is 28.9 Å². The molecule has 0 bridgehead atoms. The zero-order chi connectivity index (χ0) is 20.4. The number of nitriles is 1. The molecule has 0 fully saturated rings. The van der Waals surface area contributed by atoms with E-state index in [1.807, 2.05) is 6.07 Å². The lowest BCUT2D eigenvalue weighted by Gasteiger charge is -2.26. The Hall–Kier alpha value is -4.32. The van der Waals surface area contributed by atoms with E-state index < -0.39 is 0 Å². The quantitative estimate of drug-likeness (QED) is 0.487. The van der Waals surface area contributed by atoms with Crippen LogP contribution in [0.3, 0.4) is 0 Å². The van der Waals surface area contributed by atoms with Crippen molar-refractivity contribution in [2.24, 2.45) is 0 Å². The van der Waals surface area contributed by atoms with E-state index in [2.05, 4.69) is 25.9 Å². The average molecular weight is 388 g/mol. The summed E-state index contributed by atoms with van der Waals surface area (Å²) in [7, 11) is 3.10. The highest BCUT2D eigenvalue weighted by Crippen LogP contribution is 2.50. The molecule has 1 aromatic carbocycles. The summed E-state index contributed by atoms with van der Waals surface area (Å²) in [6.45, 7) is 0. The summed E-state index contributed by atoms with van der Waals surface area (Å²) in [5.41, 5.74) is 1.82. The van der Waals surface area contributed by atoms with E-state index in [-0.39, 0.29) is 5.91 Å². The predicted octanol–water partition coefficient (Wildman–Crippen LogP) is 3.31. The van der Waals surface area contributed by atoms with Gasteiger partial charge in [0.05, 0.1) is 18.2 Å². The fraction of sp³-hybridized carbons (Fsp3) is 0.100. The van der Waals surface area contributed by atoms with Gasteiger partial charge in [0, 0.05) is 19.4 Å². The SMILES string of the molecule is CNC(=O)c1cnc(Nc2ccc(C#N)cn2)c2c1Nc1c(OC)cccc1O2. The molecule has 0 saturated carbocycles. The van der Waals surface area contributed by atoms with Crippen LogP contribution in [0.5, 0.6) is 17.2 Å². The van der Waals surface area contributed by atoms with Crippen molar-refractivity contribution in [2.45, 2.75) is 0 Å². The fourth-order valence-electron chi connectivity index (χ4n) is 2.89. The van der Waals surface area contributed by atoms with Gasteiger partial charge in [-0.1, -0.05) is 6.07 Å². The van der Waals surface area contributed by atoms with Crippen LogP contribution in [0.4, 0.5) is 23.0 Å². The molecule has 1 aliphatic rings. The molecule has 3 N–H and O–H groups in total. The lowest BCUT2D eigenvalue weighted by atomic mass is 10.1. The number of carbonyl (C=O) groups excluding carboxylic acids is 1. The Balaban J connectivity index is 1.79. The van der Waals surface area contributed by atoms with Gasteiger partial charge in [0.25, 0.3) is 5.91 Å². The van der Waals surface area contributed by atoms with Crippen LogP contribution < -0.4 is 25.4 Å². The van der Waals surface area contributed by atoms with E-state index in [1.165, 1.54) is 12.4 Å². The van der Waals surface area contributed by atoms with Gasteiger partial charge in [-0.25, -0.2) is 9.97 Å². The Bertz CT molecular complexity index is 1140. The number of hydrogen-bond donors (Lipinski definition) is 3. The first-order valence-electron chi connectivity index (χ1n) is 8.64. The number of benzene rings is 1. The number of nitrogens with zero attached hydrogens (tertiary/aromatic N) is 3. The Morgan fingerprint density at radius 3 is 2.76 bits per heavy atom. The molecule has 3 heterocycles. The van der Waals surface area contributed by atoms with Gasteiger partial charge in [0.1, 0.15) is 29.0 Å². The van der Waals surface area contributed by atoms with Crippen molar-refractivity contribution in [3.05, 3.63) is 53.9 Å². The first-order chi connectivity index (χ1) is 14.1. The van der Waals surface area contributed by atoms with E-state index >= 15 is 0 Å². The van der Waals surface area contributed by atoms with Gasteiger partial charge in [-0.3, -0.25) is 4.79 Å². The smallest absolute Gasteiger partial charge is 0.254 e. The molecule has 4 rings (SSSR count). The summed E-state index contributed by atoms with van der Waals surface area (Å²) in [4.78, 5) is 20.9. The Labute approximate surface area is 166 Å². The molecule has 9 nitrogen and oxygen atoms in total. The van der Waals surface area contributed by atoms with Crippen LogP contribution in [0, 0.1) is 11.3 Å². The molecule has 0 saturated heterocycles. The van der Waals surface area contributed by atoms with Crippen LogP contribution in [0.2, 0.25) is 0 Å². The molecule has 3 aromatic rings. The number of nitrogens with one attached hydrogen (secondary N) is 3. The zero-order valence-electron chi connectivity index (χ0n) is 15.6. The monoisotopic (exact) mass is 388 g/mol. The largest absolute Gasteiger partial charge is 0.494 e. The summed E-state index contributed by atoms with van der Waals surface area (Å²) in [6.07, 6.45) is 2.90. The van der Waals surface area contributed by atoms with E-state index in [0.29, 0.717) is 51.4 Å². The van der Waals surface area contributed by atoms with Crippen molar-refractivity contribution in [3.8, 4) is 23.3 Å². The van der Waals surface area contributed by atoms with Crippen molar-refractivity contribution in [2.75, 3.05) is 24.8 Å². The molecule has 0 radical (unpaired) electrons. The summed E-state index contributed by atoms with van der Waals surface area (Å²) in [5.74, 6) is 1.99. The summed E-state index contributed by atoms with van der Waals surface area (Å²) in [6, 6.07) is 10.7. The number of rotatable bonds is 4. The second-order valence-electron chi connectivity index (χ2n) is 6.03. The number of aromatic nitrogens is 2. The maximum Gasteiger partial charge on any atom is 0.254 e. The van der Waals surface area contributed by atoms with Crippen LogP contribution in [-0.4, -0.2) is 30.0 Å². The topological polar surface area (TPSA) is 121 Å². The fourth-order valence-corrected chi connectivity index (χ4v) is 2.89. The average Bonchev–Trinajstić information content (AvgIpc) is 2.77. The third-order valence-electron chi connectivity index (χ3n) is 4.31. The minimum atomic E-state index is -0.314. The highest BCUT2D eigenvalue weighted by atomic mass is 16.5. The Morgan fingerprint density at radius 1 is 1.21 bits per heavy atom. The van der Waals surface area contributed by atoms with Gasteiger partial charge in [0.2, 0.25) is 0 Å². The molecule has 9 heteroatoms. The van der Waals surface area contributed by atoms with Crippen molar-refractivity contribution in [3.63, 3.8) is 0 Å². The third kappa shape index (κ3) is 3.23. The molecular weight excluding hydrogens is 372 g/mol. The van der Waals surface area contributed by atoms with Gasteiger partial charge in [-0.15, -0.1) is 0 Å². The van der Waals surface area contributed by atoms with Gasteiger partial charge in [0.15, 0.2) is 17.3 Å². The minimum absolute atomic E-state index is 0.314. The third-order valence-corrected chi connectivity index (χ3v) is 4.31. The number of anilines is 4. The number of carbonyl (C=O) groups is 1. The van der Waals surface area contributed by atoms with Crippen LogP contribution in [0.25, 0.3) is 0 Å². The minimum Gasteiger partial charge on any atom is -0.494 e. The summed E-state index contributed by atoms with van der Waals surface area (Å²) in [5, 5.41) is 17.8. The Kier molecular flexibility index (Phi) is 4.58. The molecule has 0 atom stereocenters. The van der Waals surface area contributed by atoms with Gasteiger partial charge in [-0.2, -0.15) is 5.26 Å². The zero-order valence-corrected chi connectivity index (χ0v) is 15.6. The molecule has 0 spiro atoms. The lowest BCUT2D eigenvalue weighted by Crippen LogP contribution is -2.21. The van der Waals surface area contributed by atoms with Crippen LogP contribution in [0.1, 0.15) is 15.9 Å². The van der Waals surface area contributed by atoms with Crippen LogP contribution >= 0.6 is 0 Å². The van der Waals surface area contributed by atoms with Gasteiger partial charge in [-0.05, 0) is 24.3 Å². The number of fused-ring (bicyclic) bond motifs is 2. The van der Waals surface area contributed by atoms with Crippen LogP contribution in [0.15, 0.2) is 42.7 Å². The first-order valence-corrected chi connectivity index (χ1v) is 8.64. The highest BCUT2D eigenvalue weighted by molar-refractivity contribution is 6.03. The molecule has 0 aliphatic carbocycles. The molecule has 1 aliphatic heterocycles. The number of para-hydroxylation sites is 1. The normalized spacial score (nSPS) is 11.1. The number of hydrogen-bond acceptors (Lipinski definition) is 8. The van der Waals surface area contributed by atoms with E-state index in [9.17, 15) is 4.79 Å².